The molecule has 3 heterocycles. The fraction of sp³-hybridized carbons (Fsp3) is 0.321. The summed E-state index contributed by atoms with van der Waals surface area (Å²) >= 11 is 6.34. The van der Waals surface area contributed by atoms with Crippen LogP contribution in [-0.4, -0.2) is 75.3 Å². The zero-order valence-corrected chi connectivity index (χ0v) is 22.6. The molecule has 1 saturated heterocycles. The van der Waals surface area contributed by atoms with Crippen LogP contribution in [0.5, 0.6) is 5.75 Å². The van der Waals surface area contributed by atoms with E-state index in [-0.39, 0.29) is 35.1 Å². The number of aliphatic hydroxyl groups excluding tert-OH is 1. The number of rotatable bonds is 6. The molecule has 210 valence electrons. The number of aliphatic hydroxyl groups is 1. The summed E-state index contributed by atoms with van der Waals surface area (Å²) in [6.07, 6.45) is -3.59. The maximum Gasteiger partial charge on any atom is 0.433 e. The van der Waals surface area contributed by atoms with Crippen LogP contribution >= 0.6 is 11.6 Å². The van der Waals surface area contributed by atoms with E-state index in [2.05, 4.69) is 10.1 Å². The Labute approximate surface area is 233 Å². The molecule has 40 heavy (non-hydrogen) atoms. The van der Waals surface area contributed by atoms with Gasteiger partial charge in [0.2, 0.25) is 0 Å². The highest BCUT2D eigenvalue weighted by Gasteiger charge is 2.39. The maximum absolute atomic E-state index is 14.2. The first-order valence-corrected chi connectivity index (χ1v) is 13.0. The SMILES string of the molecule is COc1ccc(-c2nc3c(C(=O)N4CCN([C@@H](CO)c5ccccc5Cl)CC4)cnn3c(C(F)(F)F)c2C)cc1. The quantitative estimate of drug-likeness (QED) is 0.354. The second kappa shape index (κ2) is 11.1. The predicted octanol–water partition coefficient (Wildman–Crippen LogP) is 4.88. The Morgan fingerprint density at radius 3 is 2.38 bits per heavy atom. The number of methoxy groups -OCH3 is 1. The molecule has 0 radical (unpaired) electrons. The Morgan fingerprint density at radius 1 is 1.10 bits per heavy atom. The number of fused-ring (bicyclic) bond motifs is 1. The van der Waals surface area contributed by atoms with Gasteiger partial charge in [-0.05, 0) is 42.8 Å². The third kappa shape index (κ3) is 5.12. The number of benzene rings is 2. The van der Waals surface area contributed by atoms with Crippen LogP contribution in [0.2, 0.25) is 5.02 Å². The fourth-order valence-electron chi connectivity index (χ4n) is 5.15. The third-order valence-electron chi connectivity index (χ3n) is 7.23. The smallest absolute Gasteiger partial charge is 0.433 e. The standard InChI is InChI=1S/C28H27ClF3N5O3/c1-17-24(18-7-9-19(40-2)10-8-18)34-26-21(15-33-37(26)25(17)28(30,31)32)27(39)36-13-11-35(12-14-36)23(16-38)20-5-3-4-6-22(20)29/h3-10,15,23,38H,11-14,16H2,1-2H3/t23-/m0/s1. The molecule has 0 spiro atoms. The number of piperazine rings is 1. The topological polar surface area (TPSA) is 83.2 Å². The summed E-state index contributed by atoms with van der Waals surface area (Å²) in [5, 5.41) is 14.5. The van der Waals surface area contributed by atoms with Crippen molar-refractivity contribution >= 4 is 23.2 Å². The van der Waals surface area contributed by atoms with Gasteiger partial charge in [0.05, 0.1) is 31.6 Å². The van der Waals surface area contributed by atoms with Gasteiger partial charge in [0.15, 0.2) is 11.3 Å². The molecule has 0 aliphatic carbocycles. The van der Waals surface area contributed by atoms with Crippen molar-refractivity contribution in [3.8, 4) is 17.0 Å². The summed E-state index contributed by atoms with van der Waals surface area (Å²) in [5.41, 5.74) is 0.0769. The normalized spacial score (nSPS) is 15.4. The molecule has 2 aromatic carbocycles. The van der Waals surface area contributed by atoms with Crippen LogP contribution in [0.4, 0.5) is 13.2 Å². The third-order valence-corrected chi connectivity index (χ3v) is 7.57. The van der Waals surface area contributed by atoms with Crippen LogP contribution in [0.25, 0.3) is 16.9 Å². The zero-order valence-electron chi connectivity index (χ0n) is 21.8. The van der Waals surface area contributed by atoms with Crippen molar-refractivity contribution < 1.29 is 27.8 Å². The summed E-state index contributed by atoms with van der Waals surface area (Å²) in [7, 11) is 1.50. The molecule has 12 heteroatoms. The van der Waals surface area contributed by atoms with Crippen molar-refractivity contribution in [3.63, 3.8) is 0 Å². The first kappa shape index (κ1) is 27.9. The van der Waals surface area contributed by atoms with Gasteiger partial charge in [0.1, 0.15) is 11.3 Å². The van der Waals surface area contributed by atoms with Gasteiger partial charge in [0.25, 0.3) is 5.91 Å². The van der Waals surface area contributed by atoms with Crippen LogP contribution in [0.1, 0.15) is 33.2 Å². The van der Waals surface area contributed by atoms with Gasteiger partial charge >= 0.3 is 6.18 Å². The number of alkyl halides is 3. The van der Waals surface area contributed by atoms with Gasteiger partial charge in [-0.1, -0.05) is 29.8 Å². The first-order valence-electron chi connectivity index (χ1n) is 12.6. The average molecular weight is 574 g/mol. The number of halogens is 4. The number of carbonyl (C=O) groups excluding carboxylic acids is 1. The van der Waals surface area contributed by atoms with E-state index in [1.165, 1.54) is 14.0 Å². The van der Waals surface area contributed by atoms with Crippen molar-refractivity contribution in [1.29, 1.82) is 0 Å². The number of amides is 1. The van der Waals surface area contributed by atoms with E-state index in [1.54, 1.807) is 35.2 Å². The number of aromatic nitrogens is 3. The average Bonchev–Trinajstić information content (AvgIpc) is 3.36. The number of carbonyl (C=O) groups is 1. The van der Waals surface area contributed by atoms with Gasteiger partial charge in [-0.15, -0.1) is 0 Å². The van der Waals surface area contributed by atoms with Crippen molar-refractivity contribution in [2.45, 2.75) is 19.1 Å². The Kier molecular flexibility index (Phi) is 7.72. The van der Waals surface area contributed by atoms with Gasteiger partial charge in [-0.3, -0.25) is 9.69 Å². The zero-order chi connectivity index (χ0) is 28.6. The Hall–Kier alpha value is -3.67. The highest BCUT2D eigenvalue weighted by Crippen LogP contribution is 2.37. The van der Waals surface area contributed by atoms with E-state index in [9.17, 15) is 23.1 Å². The predicted molar refractivity (Wildman–Crippen MR) is 143 cm³/mol. The minimum absolute atomic E-state index is 0.0153. The van der Waals surface area contributed by atoms with E-state index < -0.39 is 17.8 Å². The molecule has 2 aromatic heterocycles. The molecule has 1 aliphatic rings. The van der Waals surface area contributed by atoms with E-state index >= 15 is 0 Å². The Morgan fingerprint density at radius 2 is 1.77 bits per heavy atom. The van der Waals surface area contributed by atoms with Crippen molar-refractivity contribution in [2.24, 2.45) is 0 Å². The van der Waals surface area contributed by atoms with Crippen molar-refractivity contribution in [3.05, 3.63) is 82.1 Å². The second-order valence-electron chi connectivity index (χ2n) is 9.50. The Bertz CT molecular complexity index is 1530. The lowest BCUT2D eigenvalue weighted by atomic mass is 10.0. The molecule has 8 nitrogen and oxygen atoms in total. The molecule has 0 bridgehead atoms. The van der Waals surface area contributed by atoms with Gasteiger partial charge < -0.3 is 14.7 Å². The van der Waals surface area contributed by atoms with E-state index in [0.29, 0.717) is 47.0 Å². The summed E-state index contributed by atoms with van der Waals surface area (Å²) in [5.74, 6) is 0.0916. The van der Waals surface area contributed by atoms with Crippen LogP contribution in [0.3, 0.4) is 0 Å². The monoisotopic (exact) mass is 573 g/mol. The number of hydrogen-bond donors (Lipinski definition) is 1. The van der Waals surface area contributed by atoms with Gasteiger partial charge in [-0.25, -0.2) is 9.50 Å². The summed E-state index contributed by atoms with van der Waals surface area (Å²) in [6, 6.07) is 13.5. The second-order valence-corrected chi connectivity index (χ2v) is 9.91. The van der Waals surface area contributed by atoms with Crippen LogP contribution < -0.4 is 4.74 Å². The van der Waals surface area contributed by atoms with Gasteiger partial charge in [-0.2, -0.15) is 18.3 Å². The lowest BCUT2D eigenvalue weighted by Crippen LogP contribution is -2.50. The first-order chi connectivity index (χ1) is 19.1. The summed E-state index contributed by atoms with van der Waals surface area (Å²) < 4.78 is 48.6. The van der Waals surface area contributed by atoms with Crippen LogP contribution in [0.15, 0.2) is 54.7 Å². The van der Waals surface area contributed by atoms with Crippen LogP contribution in [0, 0.1) is 6.92 Å². The Balaban J connectivity index is 1.46. The highest BCUT2D eigenvalue weighted by atomic mass is 35.5. The molecule has 5 rings (SSSR count). The van der Waals surface area contributed by atoms with Crippen molar-refractivity contribution in [1.82, 2.24) is 24.4 Å². The molecule has 0 saturated carbocycles. The fourth-order valence-corrected chi connectivity index (χ4v) is 5.41. The molecule has 4 aromatic rings. The number of hydrogen-bond acceptors (Lipinski definition) is 6. The largest absolute Gasteiger partial charge is 0.497 e. The molecule has 0 unspecified atom stereocenters. The molecule has 1 aliphatic heterocycles. The minimum Gasteiger partial charge on any atom is -0.497 e. The van der Waals surface area contributed by atoms with Gasteiger partial charge in [0, 0.05) is 42.3 Å². The molecule has 1 atom stereocenters. The maximum atomic E-state index is 14.2. The summed E-state index contributed by atoms with van der Waals surface area (Å²) in [6.45, 7) is 2.69. The molecule has 1 amide bonds. The molecular weight excluding hydrogens is 547 g/mol. The number of ether oxygens (including phenoxy) is 1. The van der Waals surface area contributed by atoms with E-state index in [0.717, 1.165) is 11.8 Å². The van der Waals surface area contributed by atoms with E-state index in [1.807, 2.05) is 23.1 Å². The molecular formula is C28H27ClF3N5O3. The number of nitrogens with zero attached hydrogens (tertiary/aromatic N) is 5. The van der Waals surface area contributed by atoms with Crippen LogP contribution in [-0.2, 0) is 6.18 Å². The lowest BCUT2D eigenvalue weighted by molar-refractivity contribution is -0.143. The van der Waals surface area contributed by atoms with E-state index in [4.69, 9.17) is 16.3 Å². The lowest BCUT2D eigenvalue weighted by Gasteiger charge is -2.39. The molecule has 1 N–H and O–H groups in total. The highest BCUT2D eigenvalue weighted by molar-refractivity contribution is 6.31. The molecule has 1 fully saturated rings. The minimum atomic E-state index is -4.73. The van der Waals surface area contributed by atoms with Crippen molar-refractivity contribution in [2.75, 3.05) is 39.9 Å². The summed E-state index contributed by atoms with van der Waals surface area (Å²) in [4.78, 5) is 21.7.